The van der Waals surface area contributed by atoms with Crippen LogP contribution in [0.4, 0.5) is 10.1 Å². The molecule has 2 aromatic carbocycles. The zero-order valence-corrected chi connectivity index (χ0v) is 13.1. The Labute approximate surface area is 134 Å². The standard InChI is InChI=1S/C18H18FN3O/c1-12(2)18-21-15-9-5-6-10-16(15)22(18)11-17(23)20-14-8-4-3-7-13(14)19/h3-10,12H,11H2,1-2H3,(H,20,23). The first-order chi connectivity index (χ1) is 11.1. The van der Waals surface area contributed by atoms with E-state index in [0.717, 1.165) is 16.9 Å². The number of carbonyl (C=O) groups is 1. The quantitative estimate of drug-likeness (QED) is 0.793. The molecule has 4 nitrogen and oxygen atoms in total. The molecule has 0 aliphatic rings. The van der Waals surface area contributed by atoms with Gasteiger partial charge in [-0.2, -0.15) is 0 Å². The third kappa shape index (κ3) is 3.08. The number of rotatable bonds is 4. The van der Waals surface area contributed by atoms with Gasteiger partial charge in [-0.25, -0.2) is 9.37 Å². The molecule has 0 bridgehead atoms. The molecule has 1 amide bonds. The van der Waals surface area contributed by atoms with Crippen molar-refractivity contribution >= 4 is 22.6 Å². The van der Waals surface area contributed by atoms with Gasteiger partial charge in [0.25, 0.3) is 0 Å². The Morgan fingerprint density at radius 3 is 2.61 bits per heavy atom. The number of para-hydroxylation sites is 3. The van der Waals surface area contributed by atoms with Gasteiger partial charge in [0, 0.05) is 5.92 Å². The maximum Gasteiger partial charge on any atom is 0.244 e. The van der Waals surface area contributed by atoms with Crippen LogP contribution in [0.2, 0.25) is 0 Å². The highest BCUT2D eigenvalue weighted by molar-refractivity contribution is 5.91. The number of hydrogen-bond donors (Lipinski definition) is 1. The zero-order valence-electron chi connectivity index (χ0n) is 13.1. The van der Waals surface area contributed by atoms with Crippen molar-refractivity contribution in [2.45, 2.75) is 26.3 Å². The lowest BCUT2D eigenvalue weighted by Gasteiger charge is -2.12. The number of aromatic nitrogens is 2. The number of anilines is 1. The first-order valence-electron chi connectivity index (χ1n) is 7.56. The van der Waals surface area contributed by atoms with E-state index >= 15 is 0 Å². The second-order valence-electron chi connectivity index (χ2n) is 5.73. The number of hydrogen-bond acceptors (Lipinski definition) is 2. The molecule has 5 heteroatoms. The molecule has 0 fully saturated rings. The molecule has 0 radical (unpaired) electrons. The number of nitrogens with zero attached hydrogens (tertiary/aromatic N) is 2. The summed E-state index contributed by atoms with van der Waals surface area (Å²) in [5.74, 6) is 0.305. The average molecular weight is 311 g/mol. The lowest BCUT2D eigenvalue weighted by molar-refractivity contribution is -0.116. The Kier molecular flexibility index (Phi) is 4.10. The lowest BCUT2D eigenvalue weighted by atomic mass is 10.2. The predicted molar refractivity (Wildman–Crippen MR) is 88.9 cm³/mol. The van der Waals surface area contributed by atoms with E-state index in [4.69, 9.17) is 0 Å². The number of halogens is 1. The molecule has 0 atom stereocenters. The van der Waals surface area contributed by atoms with Gasteiger partial charge >= 0.3 is 0 Å². The number of nitrogens with one attached hydrogen (secondary N) is 1. The van der Waals surface area contributed by atoms with Crippen molar-refractivity contribution in [2.75, 3.05) is 5.32 Å². The third-order valence-corrected chi connectivity index (χ3v) is 3.65. The van der Waals surface area contributed by atoms with Crippen LogP contribution in [0.5, 0.6) is 0 Å². The van der Waals surface area contributed by atoms with E-state index in [2.05, 4.69) is 10.3 Å². The molecule has 23 heavy (non-hydrogen) atoms. The summed E-state index contributed by atoms with van der Waals surface area (Å²) >= 11 is 0. The van der Waals surface area contributed by atoms with E-state index < -0.39 is 5.82 Å². The van der Waals surface area contributed by atoms with E-state index in [9.17, 15) is 9.18 Å². The van der Waals surface area contributed by atoms with Crippen LogP contribution in [-0.4, -0.2) is 15.5 Å². The number of benzene rings is 2. The summed E-state index contributed by atoms with van der Waals surface area (Å²) in [6, 6.07) is 13.8. The second-order valence-corrected chi connectivity index (χ2v) is 5.73. The highest BCUT2D eigenvalue weighted by atomic mass is 19.1. The first kappa shape index (κ1) is 15.2. The summed E-state index contributed by atoms with van der Waals surface area (Å²) in [6.07, 6.45) is 0. The molecule has 3 aromatic rings. The Hall–Kier alpha value is -2.69. The van der Waals surface area contributed by atoms with E-state index in [0.29, 0.717) is 0 Å². The van der Waals surface area contributed by atoms with Gasteiger partial charge in [-0.1, -0.05) is 38.1 Å². The van der Waals surface area contributed by atoms with E-state index in [1.54, 1.807) is 18.2 Å². The largest absolute Gasteiger partial charge is 0.322 e. The summed E-state index contributed by atoms with van der Waals surface area (Å²) < 4.78 is 15.5. The first-order valence-corrected chi connectivity index (χ1v) is 7.56. The summed E-state index contributed by atoms with van der Waals surface area (Å²) in [7, 11) is 0. The van der Waals surface area contributed by atoms with Crippen LogP contribution in [0.1, 0.15) is 25.6 Å². The number of imidazole rings is 1. The number of carbonyl (C=O) groups excluding carboxylic acids is 1. The van der Waals surface area contributed by atoms with Crippen LogP contribution in [-0.2, 0) is 11.3 Å². The molecule has 1 N–H and O–H groups in total. The summed E-state index contributed by atoms with van der Waals surface area (Å²) in [5, 5.41) is 2.62. The van der Waals surface area contributed by atoms with Crippen molar-refractivity contribution in [3.8, 4) is 0 Å². The van der Waals surface area contributed by atoms with Crippen LogP contribution in [0.3, 0.4) is 0 Å². The molecular formula is C18H18FN3O. The van der Waals surface area contributed by atoms with Crippen molar-refractivity contribution in [1.29, 1.82) is 0 Å². The highest BCUT2D eigenvalue weighted by Crippen LogP contribution is 2.22. The minimum Gasteiger partial charge on any atom is -0.322 e. The van der Waals surface area contributed by atoms with Crippen LogP contribution >= 0.6 is 0 Å². The van der Waals surface area contributed by atoms with Crippen LogP contribution in [0.25, 0.3) is 11.0 Å². The maximum absolute atomic E-state index is 13.7. The van der Waals surface area contributed by atoms with E-state index in [1.165, 1.54) is 6.07 Å². The molecule has 0 saturated heterocycles. The van der Waals surface area contributed by atoms with E-state index in [-0.39, 0.29) is 24.1 Å². The van der Waals surface area contributed by atoms with Crippen molar-refractivity contribution in [3.63, 3.8) is 0 Å². The molecule has 0 aliphatic carbocycles. The molecular weight excluding hydrogens is 293 g/mol. The average Bonchev–Trinajstić information content (AvgIpc) is 2.89. The Bertz CT molecular complexity index is 854. The van der Waals surface area contributed by atoms with Gasteiger partial charge in [-0.15, -0.1) is 0 Å². The smallest absolute Gasteiger partial charge is 0.244 e. The Morgan fingerprint density at radius 2 is 1.87 bits per heavy atom. The number of amides is 1. The lowest BCUT2D eigenvalue weighted by Crippen LogP contribution is -2.21. The van der Waals surface area contributed by atoms with Crippen molar-refractivity contribution < 1.29 is 9.18 Å². The molecule has 3 rings (SSSR count). The fraction of sp³-hybridized carbons (Fsp3) is 0.222. The Balaban J connectivity index is 1.90. The van der Waals surface area contributed by atoms with Crippen molar-refractivity contribution in [1.82, 2.24) is 9.55 Å². The fourth-order valence-corrected chi connectivity index (χ4v) is 2.60. The maximum atomic E-state index is 13.7. The van der Waals surface area contributed by atoms with Gasteiger partial charge < -0.3 is 9.88 Å². The SMILES string of the molecule is CC(C)c1nc2ccccc2n1CC(=O)Nc1ccccc1F. The molecule has 0 aliphatic heterocycles. The Morgan fingerprint density at radius 1 is 1.17 bits per heavy atom. The van der Waals surface area contributed by atoms with Crippen LogP contribution < -0.4 is 5.32 Å². The van der Waals surface area contributed by atoms with Gasteiger partial charge in [-0.05, 0) is 24.3 Å². The normalized spacial score (nSPS) is 11.1. The molecule has 1 aromatic heterocycles. The summed E-state index contributed by atoms with van der Waals surface area (Å²) in [5.41, 5.74) is 1.95. The second kappa shape index (κ2) is 6.20. The molecule has 0 unspecified atom stereocenters. The highest BCUT2D eigenvalue weighted by Gasteiger charge is 2.16. The third-order valence-electron chi connectivity index (χ3n) is 3.65. The fourth-order valence-electron chi connectivity index (χ4n) is 2.60. The molecule has 1 heterocycles. The van der Waals surface area contributed by atoms with Gasteiger partial charge in [0.1, 0.15) is 18.2 Å². The molecule has 0 saturated carbocycles. The zero-order chi connectivity index (χ0) is 16.4. The van der Waals surface area contributed by atoms with E-state index in [1.807, 2.05) is 42.7 Å². The van der Waals surface area contributed by atoms with Crippen molar-refractivity contribution in [2.24, 2.45) is 0 Å². The summed E-state index contributed by atoms with van der Waals surface area (Å²) in [4.78, 5) is 16.9. The van der Waals surface area contributed by atoms with Gasteiger partial charge in [0.2, 0.25) is 5.91 Å². The minimum absolute atomic E-state index is 0.0996. The monoisotopic (exact) mass is 311 g/mol. The topological polar surface area (TPSA) is 46.9 Å². The van der Waals surface area contributed by atoms with Crippen LogP contribution in [0.15, 0.2) is 48.5 Å². The van der Waals surface area contributed by atoms with Crippen LogP contribution in [0, 0.1) is 5.82 Å². The summed E-state index contributed by atoms with van der Waals surface area (Å²) in [6.45, 7) is 4.17. The predicted octanol–water partition coefficient (Wildman–Crippen LogP) is 3.94. The molecule has 118 valence electrons. The van der Waals surface area contributed by atoms with Gasteiger partial charge in [0.05, 0.1) is 16.7 Å². The van der Waals surface area contributed by atoms with Crippen molar-refractivity contribution in [3.05, 3.63) is 60.2 Å². The van der Waals surface area contributed by atoms with Gasteiger partial charge in [0.15, 0.2) is 0 Å². The number of fused-ring (bicyclic) bond motifs is 1. The van der Waals surface area contributed by atoms with Gasteiger partial charge in [-0.3, -0.25) is 4.79 Å². The minimum atomic E-state index is -0.444. The molecule has 0 spiro atoms.